The quantitative estimate of drug-likeness (QED) is 0.840. The van der Waals surface area contributed by atoms with E-state index in [-0.39, 0.29) is 0 Å². The van der Waals surface area contributed by atoms with Crippen molar-refractivity contribution in [2.24, 2.45) is 0 Å². The van der Waals surface area contributed by atoms with Crippen LogP contribution in [0.1, 0.15) is 17.5 Å². The van der Waals surface area contributed by atoms with Crippen LogP contribution in [0.4, 0.5) is 5.69 Å². The number of thioether (sulfide) groups is 1. The zero-order valence-corrected chi connectivity index (χ0v) is 13.9. The summed E-state index contributed by atoms with van der Waals surface area (Å²) in [5.74, 6) is 2.61. The van der Waals surface area contributed by atoms with Crippen molar-refractivity contribution < 1.29 is 0 Å². The van der Waals surface area contributed by atoms with Crippen LogP contribution in [0.5, 0.6) is 0 Å². The monoisotopic (exact) mass is 305 g/mol. The molecule has 0 amide bonds. The van der Waals surface area contributed by atoms with Gasteiger partial charge in [0.15, 0.2) is 0 Å². The molecule has 21 heavy (non-hydrogen) atoms. The summed E-state index contributed by atoms with van der Waals surface area (Å²) in [6.45, 7) is 7.00. The van der Waals surface area contributed by atoms with Crippen LogP contribution in [-0.2, 0) is 13.0 Å². The van der Waals surface area contributed by atoms with E-state index in [4.69, 9.17) is 0 Å². The van der Waals surface area contributed by atoms with Crippen LogP contribution in [0, 0.1) is 0 Å². The van der Waals surface area contributed by atoms with Gasteiger partial charge in [-0.15, -0.1) is 0 Å². The number of benzene rings is 1. The third-order valence-corrected chi connectivity index (χ3v) is 5.47. The largest absolute Gasteiger partial charge is 0.374 e. The van der Waals surface area contributed by atoms with Gasteiger partial charge < -0.3 is 15.1 Å². The van der Waals surface area contributed by atoms with Crippen LogP contribution in [0.3, 0.4) is 0 Å². The van der Waals surface area contributed by atoms with Gasteiger partial charge >= 0.3 is 0 Å². The van der Waals surface area contributed by atoms with E-state index in [0.29, 0.717) is 0 Å². The molecule has 3 nitrogen and oxygen atoms in total. The fourth-order valence-corrected chi connectivity index (χ4v) is 4.22. The Morgan fingerprint density at radius 2 is 2.05 bits per heavy atom. The highest BCUT2D eigenvalue weighted by atomic mass is 32.2. The first-order chi connectivity index (χ1) is 10.3. The molecule has 0 aromatic heterocycles. The van der Waals surface area contributed by atoms with Crippen molar-refractivity contribution in [1.29, 1.82) is 0 Å². The standard InChI is InChI=1S/C17H27N3S/c1-19-7-2-3-16-13-15(4-5-17(16)19)14-18-6-8-20-9-11-21-12-10-20/h4-5,13,18H,2-3,6-12,14H2,1H3. The van der Waals surface area contributed by atoms with Crippen LogP contribution in [0.15, 0.2) is 18.2 Å². The van der Waals surface area contributed by atoms with Gasteiger partial charge in [0.1, 0.15) is 0 Å². The molecular weight excluding hydrogens is 278 g/mol. The molecule has 0 spiro atoms. The van der Waals surface area contributed by atoms with Gasteiger partial charge in [-0.05, 0) is 30.0 Å². The summed E-state index contributed by atoms with van der Waals surface area (Å²) < 4.78 is 0. The molecule has 2 aliphatic heterocycles. The number of fused-ring (bicyclic) bond motifs is 1. The van der Waals surface area contributed by atoms with Gasteiger partial charge in [-0.2, -0.15) is 11.8 Å². The molecule has 4 heteroatoms. The Hall–Kier alpha value is -0.710. The molecule has 2 heterocycles. The number of nitrogens with zero attached hydrogens (tertiary/aromatic N) is 2. The Labute approximate surface area is 133 Å². The van der Waals surface area contributed by atoms with E-state index in [0.717, 1.165) is 13.1 Å². The Balaban J connectivity index is 1.45. The van der Waals surface area contributed by atoms with Crippen LogP contribution >= 0.6 is 11.8 Å². The highest BCUT2D eigenvalue weighted by molar-refractivity contribution is 7.99. The molecular formula is C17H27N3S. The van der Waals surface area contributed by atoms with E-state index in [1.165, 1.54) is 67.3 Å². The van der Waals surface area contributed by atoms with Crippen molar-refractivity contribution in [1.82, 2.24) is 10.2 Å². The van der Waals surface area contributed by atoms with Crippen LogP contribution in [0.25, 0.3) is 0 Å². The first-order valence-corrected chi connectivity index (χ1v) is 9.32. The SMILES string of the molecule is CN1CCCc2cc(CNCCN3CCSCC3)ccc21. The van der Waals surface area contributed by atoms with E-state index < -0.39 is 0 Å². The smallest absolute Gasteiger partial charge is 0.0396 e. The van der Waals surface area contributed by atoms with Crippen molar-refractivity contribution in [3.05, 3.63) is 29.3 Å². The van der Waals surface area contributed by atoms with Gasteiger partial charge in [0.05, 0.1) is 0 Å². The van der Waals surface area contributed by atoms with Gasteiger partial charge in [-0.1, -0.05) is 12.1 Å². The third-order valence-electron chi connectivity index (χ3n) is 4.53. The average Bonchev–Trinajstić information content (AvgIpc) is 2.53. The molecule has 1 saturated heterocycles. The van der Waals surface area contributed by atoms with Crippen LogP contribution in [0.2, 0.25) is 0 Å². The van der Waals surface area contributed by atoms with Gasteiger partial charge in [0.25, 0.3) is 0 Å². The van der Waals surface area contributed by atoms with Crippen molar-refractivity contribution in [2.45, 2.75) is 19.4 Å². The number of rotatable bonds is 5. The average molecular weight is 305 g/mol. The minimum atomic E-state index is 1.000. The minimum Gasteiger partial charge on any atom is -0.374 e. The lowest BCUT2D eigenvalue weighted by Crippen LogP contribution is -2.37. The molecule has 1 N–H and O–H groups in total. The summed E-state index contributed by atoms with van der Waals surface area (Å²) in [5, 5.41) is 3.60. The molecule has 0 unspecified atom stereocenters. The number of aryl methyl sites for hydroxylation is 1. The fourth-order valence-electron chi connectivity index (χ4n) is 3.24. The Kier molecular flexibility index (Phi) is 5.44. The van der Waals surface area contributed by atoms with Crippen molar-refractivity contribution in [3.63, 3.8) is 0 Å². The highest BCUT2D eigenvalue weighted by Crippen LogP contribution is 2.26. The van der Waals surface area contributed by atoms with Gasteiger partial charge in [0, 0.05) is 63.5 Å². The summed E-state index contributed by atoms with van der Waals surface area (Å²) in [6, 6.07) is 6.98. The molecule has 1 aromatic rings. The molecule has 0 bridgehead atoms. The number of nitrogens with one attached hydrogen (secondary N) is 1. The molecule has 1 aromatic carbocycles. The second-order valence-corrected chi connectivity index (χ2v) is 7.34. The van der Waals surface area contributed by atoms with Crippen molar-refractivity contribution in [3.8, 4) is 0 Å². The predicted molar refractivity (Wildman–Crippen MR) is 93.5 cm³/mol. The van der Waals surface area contributed by atoms with E-state index in [1.807, 2.05) is 0 Å². The fraction of sp³-hybridized carbons (Fsp3) is 0.647. The van der Waals surface area contributed by atoms with Gasteiger partial charge in [-0.25, -0.2) is 0 Å². The molecule has 2 aliphatic rings. The normalized spacial score (nSPS) is 19.6. The maximum absolute atomic E-state index is 3.60. The Morgan fingerprint density at radius 3 is 2.90 bits per heavy atom. The van der Waals surface area contributed by atoms with Crippen molar-refractivity contribution in [2.75, 3.05) is 56.2 Å². The summed E-state index contributed by atoms with van der Waals surface area (Å²) >= 11 is 2.08. The van der Waals surface area contributed by atoms with Crippen LogP contribution in [-0.4, -0.2) is 56.2 Å². The lowest BCUT2D eigenvalue weighted by Gasteiger charge is -2.28. The first kappa shape index (κ1) is 15.2. The number of hydrogen-bond acceptors (Lipinski definition) is 4. The molecule has 1 fully saturated rings. The van der Waals surface area contributed by atoms with Crippen molar-refractivity contribution >= 4 is 17.4 Å². The van der Waals surface area contributed by atoms with Gasteiger partial charge in [0.2, 0.25) is 0 Å². The maximum Gasteiger partial charge on any atom is 0.0396 e. The van der Waals surface area contributed by atoms with Gasteiger partial charge in [-0.3, -0.25) is 0 Å². The lowest BCUT2D eigenvalue weighted by atomic mass is 9.99. The van der Waals surface area contributed by atoms with E-state index in [9.17, 15) is 0 Å². The summed E-state index contributed by atoms with van der Waals surface area (Å²) in [4.78, 5) is 4.95. The molecule has 0 radical (unpaired) electrons. The summed E-state index contributed by atoms with van der Waals surface area (Å²) in [7, 11) is 2.20. The molecule has 3 rings (SSSR count). The van der Waals surface area contributed by atoms with Crippen LogP contribution < -0.4 is 10.2 Å². The summed E-state index contributed by atoms with van der Waals surface area (Å²) in [5.41, 5.74) is 4.38. The second-order valence-electron chi connectivity index (χ2n) is 6.12. The molecule has 0 aliphatic carbocycles. The molecule has 0 saturated carbocycles. The predicted octanol–water partition coefficient (Wildman–Crippen LogP) is 2.21. The molecule has 0 atom stereocenters. The van der Waals surface area contributed by atoms with E-state index in [1.54, 1.807) is 0 Å². The molecule has 116 valence electrons. The zero-order valence-electron chi connectivity index (χ0n) is 13.1. The first-order valence-electron chi connectivity index (χ1n) is 8.17. The summed E-state index contributed by atoms with van der Waals surface area (Å²) in [6.07, 6.45) is 2.52. The Bertz CT molecular complexity index is 457. The van der Waals surface area contributed by atoms with E-state index in [2.05, 4.69) is 52.1 Å². The number of anilines is 1. The second kappa shape index (κ2) is 7.52. The minimum absolute atomic E-state index is 1.000. The lowest BCUT2D eigenvalue weighted by molar-refractivity contribution is 0.301. The maximum atomic E-state index is 3.60. The number of hydrogen-bond donors (Lipinski definition) is 1. The highest BCUT2D eigenvalue weighted by Gasteiger charge is 2.13. The Morgan fingerprint density at radius 1 is 1.19 bits per heavy atom. The zero-order chi connectivity index (χ0) is 14.5. The third kappa shape index (κ3) is 4.15. The topological polar surface area (TPSA) is 18.5 Å². The van der Waals surface area contributed by atoms with E-state index >= 15 is 0 Å².